The lowest BCUT2D eigenvalue weighted by molar-refractivity contribution is -0.131. The first-order valence-electron chi connectivity index (χ1n) is 5.59. The zero-order chi connectivity index (χ0) is 10.0. The number of hydrogen-bond acceptors (Lipinski definition) is 3. The normalized spacial score (nSPS) is 34.6. The molecular formula is C11H19NO2. The van der Waals surface area contributed by atoms with Crippen LogP contribution >= 0.6 is 0 Å². The molecule has 2 heterocycles. The van der Waals surface area contributed by atoms with Crippen molar-refractivity contribution in [2.75, 3.05) is 19.8 Å². The van der Waals surface area contributed by atoms with Crippen LogP contribution in [-0.2, 0) is 9.53 Å². The highest BCUT2D eigenvalue weighted by Gasteiger charge is 2.39. The Morgan fingerprint density at radius 3 is 2.71 bits per heavy atom. The predicted molar refractivity (Wildman–Crippen MR) is 54.2 cm³/mol. The lowest BCUT2D eigenvalue weighted by Crippen LogP contribution is -2.48. The molecule has 0 saturated carbocycles. The van der Waals surface area contributed by atoms with Crippen LogP contribution < -0.4 is 5.32 Å². The smallest absolute Gasteiger partial charge is 0.155 e. The first-order valence-corrected chi connectivity index (χ1v) is 5.59. The largest absolute Gasteiger partial charge is 0.381 e. The maximum absolute atomic E-state index is 12.2. The van der Waals surface area contributed by atoms with Gasteiger partial charge in [-0.05, 0) is 39.2 Å². The van der Waals surface area contributed by atoms with Crippen LogP contribution in [0.3, 0.4) is 0 Å². The minimum Gasteiger partial charge on any atom is -0.381 e. The van der Waals surface area contributed by atoms with Crippen molar-refractivity contribution in [3.8, 4) is 0 Å². The number of ketones is 1. The summed E-state index contributed by atoms with van der Waals surface area (Å²) in [6.45, 7) is 4.56. The van der Waals surface area contributed by atoms with Gasteiger partial charge in [-0.3, -0.25) is 4.79 Å². The number of carbonyl (C=O) groups is 1. The summed E-state index contributed by atoms with van der Waals surface area (Å²) in [5.74, 6) is 0.651. The Balaban J connectivity index is 1.98. The van der Waals surface area contributed by atoms with Crippen LogP contribution in [0, 0.1) is 5.92 Å². The van der Waals surface area contributed by atoms with E-state index in [-0.39, 0.29) is 11.5 Å². The summed E-state index contributed by atoms with van der Waals surface area (Å²) < 4.78 is 5.27. The highest BCUT2D eigenvalue weighted by atomic mass is 16.5. The third-order valence-corrected chi connectivity index (χ3v) is 3.50. The van der Waals surface area contributed by atoms with Gasteiger partial charge in [0.25, 0.3) is 0 Å². The second kappa shape index (κ2) is 3.99. The maximum Gasteiger partial charge on any atom is 0.155 e. The van der Waals surface area contributed by atoms with Gasteiger partial charge in [0.05, 0.1) is 5.54 Å². The van der Waals surface area contributed by atoms with Gasteiger partial charge in [0.2, 0.25) is 0 Å². The number of rotatable bonds is 2. The molecule has 0 radical (unpaired) electrons. The van der Waals surface area contributed by atoms with Crippen LogP contribution in [0.4, 0.5) is 0 Å². The average Bonchev–Trinajstić information content (AvgIpc) is 2.67. The van der Waals surface area contributed by atoms with E-state index in [1.165, 1.54) is 0 Å². The topological polar surface area (TPSA) is 38.3 Å². The predicted octanol–water partition coefficient (Wildman–Crippen LogP) is 1.12. The molecule has 2 fully saturated rings. The summed E-state index contributed by atoms with van der Waals surface area (Å²) in [6.07, 6.45) is 3.96. The van der Waals surface area contributed by atoms with E-state index >= 15 is 0 Å². The number of nitrogens with one attached hydrogen (secondary N) is 1. The van der Waals surface area contributed by atoms with E-state index in [1.54, 1.807) is 0 Å². The van der Waals surface area contributed by atoms with Crippen molar-refractivity contribution >= 4 is 5.78 Å². The van der Waals surface area contributed by atoms with Gasteiger partial charge in [0.1, 0.15) is 0 Å². The molecule has 0 amide bonds. The van der Waals surface area contributed by atoms with Crippen molar-refractivity contribution in [2.45, 2.75) is 38.1 Å². The second-order valence-electron chi connectivity index (χ2n) is 4.61. The first-order chi connectivity index (χ1) is 6.72. The zero-order valence-corrected chi connectivity index (χ0v) is 8.84. The summed E-state index contributed by atoms with van der Waals surface area (Å²) in [7, 11) is 0. The lowest BCUT2D eigenvalue weighted by atomic mass is 9.82. The van der Waals surface area contributed by atoms with Crippen molar-refractivity contribution in [2.24, 2.45) is 5.92 Å². The van der Waals surface area contributed by atoms with E-state index in [4.69, 9.17) is 4.74 Å². The van der Waals surface area contributed by atoms with E-state index < -0.39 is 0 Å². The van der Waals surface area contributed by atoms with Crippen LogP contribution in [0.25, 0.3) is 0 Å². The molecule has 0 aromatic heterocycles. The number of carbonyl (C=O) groups excluding carboxylic acids is 1. The van der Waals surface area contributed by atoms with Gasteiger partial charge >= 0.3 is 0 Å². The quantitative estimate of drug-likeness (QED) is 0.721. The van der Waals surface area contributed by atoms with Crippen molar-refractivity contribution in [1.29, 1.82) is 0 Å². The summed E-state index contributed by atoms with van der Waals surface area (Å²) >= 11 is 0. The summed E-state index contributed by atoms with van der Waals surface area (Å²) in [4.78, 5) is 12.2. The fourth-order valence-electron chi connectivity index (χ4n) is 2.52. The van der Waals surface area contributed by atoms with E-state index in [1.807, 2.05) is 0 Å². The van der Waals surface area contributed by atoms with Gasteiger partial charge in [-0.15, -0.1) is 0 Å². The van der Waals surface area contributed by atoms with Crippen LogP contribution in [0.2, 0.25) is 0 Å². The van der Waals surface area contributed by atoms with Gasteiger partial charge in [0, 0.05) is 19.1 Å². The maximum atomic E-state index is 12.2. The molecule has 3 nitrogen and oxygen atoms in total. The van der Waals surface area contributed by atoms with Gasteiger partial charge < -0.3 is 10.1 Å². The van der Waals surface area contributed by atoms with E-state index in [2.05, 4.69) is 12.2 Å². The molecule has 1 atom stereocenters. The van der Waals surface area contributed by atoms with Crippen LogP contribution in [0.1, 0.15) is 32.6 Å². The molecule has 2 aliphatic heterocycles. The van der Waals surface area contributed by atoms with Crippen LogP contribution in [0.5, 0.6) is 0 Å². The Labute approximate surface area is 85.2 Å². The van der Waals surface area contributed by atoms with Crippen LogP contribution in [0.15, 0.2) is 0 Å². The molecule has 80 valence electrons. The lowest BCUT2D eigenvalue weighted by Gasteiger charge is -2.30. The Morgan fingerprint density at radius 2 is 2.14 bits per heavy atom. The van der Waals surface area contributed by atoms with E-state index in [9.17, 15) is 4.79 Å². The Bertz CT molecular complexity index is 215. The van der Waals surface area contributed by atoms with Crippen molar-refractivity contribution in [3.63, 3.8) is 0 Å². The molecule has 1 unspecified atom stereocenters. The minimum absolute atomic E-state index is 0.234. The standard InChI is InChI=1S/C11H19NO2/c1-11(5-2-6-12-11)10(13)9-3-7-14-8-4-9/h9,12H,2-8H2,1H3. The van der Waals surface area contributed by atoms with Crippen molar-refractivity contribution in [1.82, 2.24) is 5.32 Å². The van der Waals surface area contributed by atoms with Gasteiger partial charge in [-0.25, -0.2) is 0 Å². The molecule has 2 rings (SSSR count). The molecule has 0 spiro atoms. The monoisotopic (exact) mass is 197 g/mol. The zero-order valence-electron chi connectivity index (χ0n) is 8.84. The fourth-order valence-corrected chi connectivity index (χ4v) is 2.52. The minimum atomic E-state index is -0.234. The third kappa shape index (κ3) is 1.84. The highest BCUT2D eigenvalue weighted by Crippen LogP contribution is 2.27. The van der Waals surface area contributed by atoms with Crippen molar-refractivity contribution in [3.05, 3.63) is 0 Å². The number of ether oxygens (including phenoxy) is 1. The Kier molecular flexibility index (Phi) is 2.88. The second-order valence-corrected chi connectivity index (χ2v) is 4.61. The average molecular weight is 197 g/mol. The summed E-state index contributed by atoms with van der Waals surface area (Å²) in [5.41, 5.74) is -0.234. The SMILES string of the molecule is CC1(C(=O)C2CCOCC2)CCCN1. The Morgan fingerprint density at radius 1 is 1.43 bits per heavy atom. The molecule has 3 heteroatoms. The van der Waals surface area contributed by atoms with Gasteiger partial charge in [0.15, 0.2) is 5.78 Å². The molecule has 0 aromatic carbocycles. The molecular weight excluding hydrogens is 178 g/mol. The molecule has 0 aliphatic carbocycles. The molecule has 0 aromatic rings. The third-order valence-electron chi connectivity index (χ3n) is 3.50. The molecule has 0 bridgehead atoms. The summed E-state index contributed by atoms with van der Waals surface area (Å²) in [5, 5.41) is 3.34. The van der Waals surface area contributed by atoms with E-state index in [0.29, 0.717) is 5.78 Å². The highest BCUT2D eigenvalue weighted by molar-refractivity contribution is 5.90. The number of hydrogen-bond donors (Lipinski definition) is 1. The van der Waals surface area contributed by atoms with E-state index in [0.717, 1.165) is 45.4 Å². The summed E-state index contributed by atoms with van der Waals surface area (Å²) in [6, 6.07) is 0. The van der Waals surface area contributed by atoms with Gasteiger partial charge in [-0.1, -0.05) is 0 Å². The first kappa shape index (κ1) is 10.1. The molecule has 14 heavy (non-hydrogen) atoms. The van der Waals surface area contributed by atoms with Gasteiger partial charge in [-0.2, -0.15) is 0 Å². The molecule has 2 saturated heterocycles. The fraction of sp³-hybridized carbons (Fsp3) is 0.909. The molecule has 1 N–H and O–H groups in total. The van der Waals surface area contributed by atoms with Crippen LogP contribution in [-0.4, -0.2) is 31.1 Å². The number of Topliss-reactive ketones (excluding diaryl/α,β-unsaturated/α-hetero) is 1. The molecule has 2 aliphatic rings. The Hall–Kier alpha value is -0.410. The van der Waals surface area contributed by atoms with Crippen molar-refractivity contribution < 1.29 is 9.53 Å².